The first-order valence-electron chi connectivity index (χ1n) is 8.45. The Morgan fingerprint density at radius 3 is 2.27 bits per heavy atom. The monoisotopic (exact) mass is 356 g/mol. The van der Waals surface area contributed by atoms with E-state index >= 15 is 0 Å². The molecule has 1 heterocycles. The number of hydrogen-bond donors (Lipinski definition) is 2. The van der Waals surface area contributed by atoms with Gasteiger partial charge in [0.15, 0.2) is 0 Å². The van der Waals surface area contributed by atoms with Gasteiger partial charge in [0, 0.05) is 38.3 Å². The molecular formula is C19H21FN4O2. The highest BCUT2D eigenvalue weighted by Gasteiger charge is 2.23. The van der Waals surface area contributed by atoms with E-state index in [2.05, 4.69) is 5.32 Å². The summed E-state index contributed by atoms with van der Waals surface area (Å²) in [7, 11) is 0. The van der Waals surface area contributed by atoms with Crippen LogP contribution in [0.25, 0.3) is 0 Å². The molecule has 7 heteroatoms. The van der Waals surface area contributed by atoms with Crippen molar-refractivity contribution in [1.82, 2.24) is 10.2 Å². The number of nitrogens with two attached hydrogens (primary N) is 1. The van der Waals surface area contributed by atoms with Crippen LogP contribution in [0, 0.1) is 5.82 Å². The summed E-state index contributed by atoms with van der Waals surface area (Å²) in [5.74, 6) is -0.292. The minimum Gasteiger partial charge on any atom is -0.366 e. The van der Waals surface area contributed by atoms with E-state index in [9.17, 15) is 14.0 Å². The van der Waals surface area contributed by atoms with Crippen LogP contribution >= 0.6 is 0 Å². The quantitative estimate of drug-likeness (QED) is 0.879. The van der Waals surface area contributed by atoms with E-state index in [0.717, 1.165) is 5.56 Å². The lowest BCUT2D eigenvalue weighted by Crippen LogP contribution is -2.49. The van der Waals surface area contributed by atoms with Crippen molar-refractivity contribution in [2.75, 3.05) is 31.1 Å². The summed E-state index contributed by atoms with van der Waals surface area (Å²) in [6.45, 7) is 2.59. The van der Waals surface area contributed by atoms with Gasteiger partial charge in [0.2, 0.25) is 0 Å². The number of nitrogens with zero attached hydrogens (tertiary/aromatic N) is 2. The van der Waals surface area contributed by atoms with E-state index in [-0.39, 0.29) is 11.7 Å². The van der Waals surface area contributed by atoms with Gasteiger partial charge in [0.05, 0.1) is 5.69 Å². The van der Waals surface area contributed by atoms with Crippen molar-refractivity contribution in [3.05, 3.63) is 65.5 Å². The molecule has 0 aromatic heterocycles. The highest BCUT2D eigenvalue weighted by atomic mass is 19.1. The second kappa shape index (κ2) is 7.86. The van der Waals surface area contributed by atoms with Crippen molar-refractivity contribution in [2.24, 2.45) is 5.73 Å². The van der Waals surface area contributed by atoms with Crippen LogP contribution in [0.15, 0.2) is 48.5 Å². The van der Waals surface area contributed by atoms with Crippen molar-refractivity contribution < 1.29 is 14.0 Å². The molecule has 2 aromatic carbocycles. The molecule has 0 spiro atoms. The molecule has 1 saturated heterocycles. The molecule has 0 bridgehead atoms. The van der Waals surface area contributed by atoms with Crippen LogP contribution in [0.4, 0.5) is 14.9 Å². The zero-order chi connectivity index (χ0) is 18.5. The summed E-state index contributed by atoms with van der Waals surface area (Å²) in [5, 5.41) is 2.51. The number of urea groups is 1. The second-order valence-electron chi connectivity index (χ2n) is 6.15. The van der Waals surface area contributed by atoms with E-state index in [1.54, 1.807) is 41.3 Å². The number of hydrogen-bond acceptors (Lipinski definition) is 3. The van der Waals surface area contributed by atoms with Crippen LogP contribution in [0.2, 0.25) is 0 Å². The Hall–Kier alpha value is -3.09. The lowest BCUT2D eigenvalue weighted by atomic mass is 10.1. The Bertz CT molecular complexity index is 786. The number of nitrogens with one attached hydrogen (secondary N) is 1. The Labute approximate surface area is 151 Å². The zero-order valence-electron chi connectivity index (χ0n) is 14.3. The molecule has 0 radical (unpaired) electrons. The number of primary amides is 1. The van der Waals surface area contributed by atoms with Crippen LogP contribution in [-0.2, 0) is 6.54 Å². The molecule has 0 atom stereocenters. The number of halogens is 1. The minimum atomic E-state index is -0.585. The number of carbonyl (C=O) groups is 2. The van der Waals surface area contributed by atoms with Gasteiger partial charge in [0.25, 0.3) is 5.91 Å². The maximum atomic E-state index is 13.9. The Morgan fingerprint density at radius 1 is 1.00 bits per heavy atom. The topological polar surface area (TPSA) is 78.7 Å². The van der Waals surface area contributed by atoms with E-state index in [4.69, 9.17) is 5.73 Å². The molecule has 1 fully saturated rings. The van der Waals surface area contributed by atoms with Crippen LogP contribution in [0.1, 0.15) is 15.9 Å². The molecule has 136 valence electrons. The molecule has 3 rings (SSSR count). The standard InChI is InChI=1S/C19H21FN4O2/c20-16-3-1-2-4-17(16)23-9-11-24(12-10-23)18(25)15-7-5-14(6-8-15)13-22-19(21)26/h1-8H,9-13H2,(H3,21,22,26). The lowest BCUT2D eigenvalue weighted by Gasteiger charge is -2.36. The molecule has 1 aliphatic heterocycles. The van der Waals surface area contributed by atoms with Crippen LogP contribution < -0.4 is 16.0 Å². The molecule has 3 N–H and O–H groups in total. The zero-order valence-corrected chi connectivity index (χ0v) is 14.3. The first-order chi connectivity index (χ1) is 12.5. The molecule has 0 saturated carbocycles. The van der Waals surface area contributed by atoms with Gasteiger partial charge in [-0.1, -0.05) is 24.3 Å². The molecule has 0 unspecified atom stereocenters. The number of carbonyl (C=O) groups excluding carboxylic acids is 2. The van der Waals surface area contributed by atoms with Gasteiger partial charge >= 0.3 is 6.03 Å². The molecule has 6 nitrogen and oxygen atoms in total. The van der Waals surface area contributed by atoms with Crippen LogP contribution in [-0.4, -0.2) is 43.0 Å². The third-order valence-electron chi connectivity index (χ3n) is 4.43. The number of benzene rings is 2. The van der Waals surface area contributed by atoms with Gasteiger partial charge in [0.1, 0.15) is 5.82 Å². The summed E-state index contributed by atoms with van der Waals surface area (Å²) >= 11 is 0. The maximum absolute atomic E-state index is 13.9. The Morgan fingerprint density at radius 2 is 1.65 bits per heavy atom. The van der Waals surface area contributed by atoms with Crippen molar-refractivity contribution in [2.45, 2.75) is 6.54 Å². The summed E-state index contributed by atoms with van der Waals surface area (Å²) in [5.41, 5.74) is 7.07. The highest BCUT2D eigenvalue weighted by Crippen LogP contribution is 2.20. The van der Waals surface area contributed by atoms with E-state index in [1.165, 1.54) is 6.07 Å². The van der Waals surface area contributed by atoms with Gasteiger partial charge < -0.3 is 20.9 Å². The Balaban J connectivity index is 1.58. The van der Waals surface area contributed by atoms with Gasteiger partial charge in [-0.15, -0.1) is 0 Å². The fourth-order valence-electron chi connectivity index (χ4n) is 3.00. The first kappa shape index (κ1) is 17.7. The number of rotatable bonds is 4. The number of piperazine rings is 1. The highest BCUT2D eigenvalue weighted by molar-refractivity contribution is 5.94. The normalized spacial score (nSPS) is 14.2. The molecule has 1 aliphatic rings. The fourth-order valence-corrected chi connectivity index (χ4v) is 3.00. The summed E-state index contributed by atoms with van der Waals surface area (Å²) in [4.78, 5) is 27.1. The Kier molecular flexibility index (Phi) is 5.36. The maximum Gasteiger partial charge on any atom is 0.312 e. The minimum absolute atomic E-state index is 0.0485. The number of amides is 3. The molecule has 26 heavy (non-hydrogen) atoms. The summed E-state index contributed by atoms with van der Waals surface area (Å²) in [6.07, 6.45) is 0. The largest absolute Gasteiger partial charge is 0.366 e. The summed E-state index contributed by atoms with van der Waals surface area (Å²) in [6, 6.07) is 13.2. The molecule has 2 aromatic rings. The predicted molar refractivity (Wildman–Crippen MR) is 97.4 cm³/mol. The van der Waals surface area contributed by atoms with Gasteiger partial charge in [-0.2, -0.15) is 0 Å². The lowest BCUT2D eigenvalue weighted by molar-refractivity contribution is 0.0746. The van der Waals surface area contributed by atoms with Crippen LogP contribution in [0.5, 0.6) is 0 Å². The average Bonchev–Trinajstić information content (AvgIpc) is 2.67. The first-order valence-corrected chi connectivity index (χ1v) is 8.45. The molecule has 0 aliphatic carbocycles. The third kappa shape index (κ3) is 4.11. The van der Waals surface area contributed by atoms with Crippen molar-refractivity contribution >= 4 is 17.6 Å². The second-order valence-corrected chi connectivity index (χ2v) is 6.15. The van der Waals surface area contributed by atoms with E-state index in [0.29, 0.717) is 44.0 Å². The van der Waals surface area contributed by atoms with Crippen molar-refractivity contribution in [3.8, 4) is 0 Å². The smallest absolute Gasteiger partial charge is 0.312 e. The molecular weight excluding hydrogens is 335 g/mol. The summed E-state index contributed by atoms with van der Waals surface area (Å²) < 4.78 is 13.9. The van der Waals surface area contributed by atoms with E-state index in [1.807, 2.05) is 11.0 Å². The van der Waals surface area contributed by atoms with Gasteiger partial charge in [-0.25, -0.2) is 9.18 Å². The fraction of sp³-hybridized carbons (Fsp3) is 0.263. The van der Waals surface area contributed by atoms with E-state index < -0.39 is 6.03 Å². The average molecular weight is 356 g/mol. The SMILES string of the molecule is NC(=O)NCc1ccc(C(=O)N2CCN(c3ccccc3F)CC2)cc1. The predicted octanol–water partition coefficient (Wildman–Crippen LogP) is 1.96. The van der Waals surface area contributed by atoms with Gasteiger partial charge in [-0.3, -0.25) is 4.79 Å². The van der Waals surface area contributed by atoms with Crippen molar-refractivity contribution in [3.63, 3.8) is 0 Å². The number of anilines is 1. The number of para-hydroxylation sites is 1. The van der Waals surface area contributed by atoms with Crippen LogP contribution in [0.3, 0.4) is 0 Å². The van der Waals surface area contributed by atoms with Gasteiger partial charge in [-0.05, 0) is 29.8 Å². The van der Waals surface area contributed by atoms with Crippen molar-refractivity contribution in [1.29, 1.82) is 0 Å². The third-order valence-corrected chi connectivity index (χ3v) is 4.43. The molecule has 3 amide bonds.